The lowest BCUT2D eigenvalue weighted by Crippen LogP contribution is -2.36. The number of hydrogen-bond acceptors (Lipinski definition) is 2. The molecule has 1 aromatic heterocycles. The molecule has 0 radical (unpaired) electrons. The average Bonchev–Trinajstić information content (AvgIpc) is 3.30. The van der Waals surface area contributed by atoms with E-state index in [0.717, 1.165) is 17.3 Å². The van der Waals surface area contributed by atoms with Crippen LogP contribution in [0.4, 0.5) is 5.69 Å². The van der Waals surface area contributed by atoms with Crippen molar-refractivity contribution in [3.05, 3.63) is 59.9 Å². The van der Waals surface area contributed by atoms with E-state index in [-0.39, 0.29) is 0 Å². The van der Waals surface area contributed by atoms with Gasteiger partial charge in [0.25, 0.3) is 0 Å². The smallest absolute Gasteiger partial charge is 0.173 e. The van der Waals surface area contributed by atoms with Crippen molar-refractivity contribution in [3.8, 4) is 0 Å². The van der Waals surface area contributed by atoms with Gasteiger partial charge in [0, 0.05) is 30.7 Å². The van der Waals surface area contributed by atoms with E-state index in [4.69, 9.17) is 12.2 Å². The summed E-state index contributed by atoms with van der Waals surface area (Å²) in [6.45, 7) is 2.90. The quantitative estimate of drug-likeness (QED) is 0.870. The molecule has 3 rings (SSSR count). The Labute approximate surface area is 131 Å². The fourth-order valence-electron chi connectivity index (χ4n) is 2.36. The summed E-state index contributed by atoms with van der Waals surface area (Å²) >= 11 is 5.61. The first-order chi connectivity index (χ1) is 10.2. The molecule has 0 saturated heterocycles. The molecule has 3 nitrogen and oxygen atoms in total. The summed E-state index contributed by atoms with van der Waals surface area (Å²) in [7, 11) is 0. The maximum atomic E-state index is 5.61. The highest BCUT2D eigenvalue weighted by Crippen LogP contribution is 2.29. The van der Waals surface area contributed by atoms with E-state index < -0.39 is 0 Å². The Kier molecular flexibility index (Phi) is 4.15. The Balaban J connectivity index is 1.70. The molecule has 1 aromatic carbocycles. The van der Waals surface area contributed by atoms with Crippen LogP contribution in [0.25, 0.3) is 0 Å². The van der Waals surface area contributed by atoms with Gasteiger partial charge < -0.3 is 10.2 Å². The summed E-state index contributed by atoms with van der Waals surface area (Å²) in [6, 6.07) is 12.9. The molecule has 1 fully saturated rings. The van der Waals surface area contributed by atoms with E-state index >= 15 is 0 Å². The summed E-state index contributed by atoms with van der Waals surface area (Å²) in [5.41, 5.74) is 3.47. The minimum atomic E-state index is 0.565. The minimum Gasteiger partial charge on any atom is -0.342 e. The number of aryl methyl sites for hydroxylation is 1. The topological polar surface area (TPSA) is 28.2 Å². The van der Waals surface area contributed by atoms with E-state index in [0.29, 0.717) is 6.04 Å². The molecular weight excluding hydrogens is 278 g/mol. The number of nitrogens with zero attached hydrogens (tertiary/aromatic N) is 2. The van der Waals surface area contributed by atoms with E-state index in [9.17, 15) is 0 Å². The lowest BCUT2D eigenvalue weighted by atomic mass is 10.2. The first-order valence-corrected chi connectivity index (χ1v) is 7.66. The maximum absolute atomic E-state index is 5.61. The minimum absolute atomic E-state index is 0.565. The number of aromatic nitrogens is 1. The normalized spacial score (nSPS) is 13.8. The van der Waals surface area contributed by atoms with Crippen molar-refractivity contribution in [3.63, 3.8) is 0 Å². The number of anilines is 1. The van der Waals surface area contributed by atoms with E-state index in [2.05, 4.69) is 46.4 Å². The molecule has 0 aliphatic heterocycles. The van der Waals surface area contributed by atoms with Crippen LogP contribution < -0.4 is 5.32 Å². The van der Waals surface area contributed by atoms with Gasteiger partial charge in [-0.05, 0) is 61.3 Å². The van der Waals surface area contributed by atoms with Gasteiger partial charge in [-0.2, -0.15) is 0 Å². The molecule has 0 bridgehead atoms. The Morgan fingerprint density at radius 1 is 1.33 bits per heavy atom. The number of nitrogens with one attached hydrogen (secondary N) is 1. The summed E-state index contributed by atoms with van der Waals surface area (Å²) in [5.74, 6) is 0. The molecule has 0 amide bonds. The molecule has 1 aliphatic rings. The first kappa shape index (κ1) is 14.0. The highest BCUT2D eigenvalue weighted by molar-refractivity contribution is 7.80. The predicted molar refractivity (Wildman–Crippen MR) is 90.2 cm³/mol. The van der Waals surface area contributed by atoms with Crippen molar-refractivity contribution in [2.24, 2.45) is 0 Å². The second-order valence-corrected chi connectivity index (χ2v) is 5.91. The molecule has 108 valence electrons. The Bertz CT molecular complexity index is 623. The van der Waals surface area contributed by atoms with E-state index in [1.54, 1.807) is 6.20 Å². The zero-order valence-corrected chi connectivity index (χ0v) is 12.9. The van der Waals surface area contributed by atoms with Gasteiger partial charge in [-0.25, -0.2) is 0 Å². The van der Waals surface area contributed by atoms with Gasteiger partial charge in [-0.3, -0.25) is 4.98 Å². The maximum Gasteiger partial charge on any atom is 0.173 e. The van der Waals surface area contributed by atoms with Crippen molar-refractivity contribution in [2.75, 3.05) is 5.32 Å². The fraction of sp³-hybridized carbons (Fsp3) is 0.294. The molecule has 0 spiro atoms. The van der Waals surface area contributed by atoms with Crippen molar-refractivity contribution in [1.82, 2.24) is 9.88 Å². The van der Waals surface area contributed by atoms with Crippen LogP contribution >= 0.6 is 12.2 Å². The number of rotatable bonds is 4. The summed E-state index contributed by atoms with van der Waals surface area (Å²) in [4.78, 5) is 6.45. The van der Waals surface area contributed by atoms with Crippen LogP contribution in [0.2, 0.25) is 0 Å². The second-order valence-electron chi connectivity index (χ2n) is 5.52. The lowest BCUT2D eigenvalue weighted by Gasteiger charge is -2.26. The third-order valence-electron chi connectivity index (χ3n) is 3.59. The third kappa shape index (κ3) is 3.79. The van der Waals surface area contributed by atoms with Crippen molar-refractivity contribution in [1.29, 1.82) is 0 Å². The SMILES string of the molecule is Cc1cccc(NC(=S)N(Cc2cccnc2)C2CC2)c1. The standard InChI is InChI=1S/C17H19N3S/c1-13-4-2-6-15(10-13)19-17(21)20(16-7-8-16)12-14-5-3-9-18-11-14/h2-6,9-11,16H,7-8,12H2,1H3,(H,19,21). The number of benzene rings is 1. The predicted octanol–water partition coefficient (Wildman–Crippen LogP) is 3.75. The van der Waals surface area contributed by atoms with Gasteiger partial charge in [-0.1, -0.05) is 18.2 Å². The van der Waals surface area contributed by atoms with Crippen molar-refractivity contribution >= 4 is 23.0 Å². The van der Waals surface area contributed by atoms with Gasteiger partial charge in [-0.15, -0.1) is 0 Å². The monoisotopic (exact) mass is 297 g/mol. The zero-order chi connectivity index (χ0) is 14.7. The van der Waals surface area contributed by atoms with Crippen LogP contribution in [-0.2, 0) is 6.54 Å². The fourth-order valence-corrected chi connectivity index (χ4v) is 2.69. The molecular formula is C17H19N3S. The van der Waals surface area contributed by atoms with Crippen LogP contribution in [0.15, 0.2) is 48.8 Å². The molecule has 21 heavy (non-hydrogen) atoms. The average molecular weight is 297 g/mol. The molecule has 1 N–H and O–H groups in total. The Hall–Kier alpha value is -1.94. The van der Waals surface area contributed by atoms with E-state index in [1.807, 2.05) is 18.3 Å². The van der Waals surface area contributed by atoms with Gasteiger partial charge in [0.05, 0.1) is 0 Å². The molecule has 4 heteroatoms. The molecule has 1 aliphatic carbocycles. The van der Waals surface area contributed by atoms with Crippen LogP contribution in [0.3, 0.4) is 0 Å². The summed E-state index contributed by atoms with van der Waals surface area (Å²) in [6.07, 6.45) is 6.14. The van der Waals surface area contributed by atoms with Crippen LogP contribution in [0.1, 0.15) is 24.0 Å². The Morgan fingerprint density at radius 2 is 2.19 bits per heavy atom. The second kappa shape index (κ2) is 6.22. The summed E-state index contributed by atoms with van der Waals surface area (Å²) in [5, 5.41) is 4.16. The number of pyridine rings is 1. The van der Waals surface area contributed by atoms with Gasteiger partial charge in [0.1, 0.15) is 0 Å². The molecule has 0 unspecified atom stereocenters. The molecule has 1 saturated carbocycles. The highest BCUT2D eigenvalue weighted by atomic mass is 32.1. The van der Waals surface area contributed by atoms with Crippen LogP contribution in [0, 0.1) is 6.92 Å². The highest BCUT2D eigenvalue weighted by Gasteiger charge is 2.30. The van der Waals surface area contributed by atoms with Crippen molar-refractivity contribution < 1.29 is 0 Å². The summed E-state index contributed by atoms with van der Waals surface area (Å²) < 4.78 is 0. The first-order valence-electron chi connectivity index (χ1n) is 7.25. The van der Waals surface area contributed by atoms with Gasteiger partial charge >= 0.3 is 0 Å². The zero-order valence-electron chi connectivity index (χ0n) is 12.1. The largest absolute Gasteiger partial charge is 0.342 e. The van der Waals surface area contributed by atoms with Crippen molar-refractivity contribution in [2.45, 2.75) is 32.4 Å². The van der Waals surface area contributed by atoms with Crippen LogP contribution in [-0.4, -0.2) is 21.0 Å². The van der Waals surface area contributed by atoms with Gasteiger partial charge in [0.2, 0.25) is 0 Å². The molecule has 1 heterocycles. The number of thiocarbonyl (C=S) groups is 1. The van der Waals surface area contributed by atoms with Gasteiger partial charge in [0.15, 0.2) is 5.11 Å². The lowest BCUT2D eigenvalue weighted by molar-refractivity contribution is 0.409. The molecule has 0 atom stereocenters. The van der Waals surface area contributed by atoms with Crippen LogP contribution in [0.5, 0.6) is 0 Å². The Morgan fingerprint density at radius 3 is 2.86 bits per heavy atom. The third-order valence-corrected chi connectivity index (χ3v) is 3.93. The number of hydrogen-bond donors (Lipinski definition) is 1. The van der Waals surface area contributed by atoms with E-state index in [1.165, 1.54) is 24.0 Å². The molecule has 2 aromatic rings.